The summed E-state index contributed by atoms with van der Waals surface area (Å²) in [7, 11) is 1.35. The Hall–Kier alpha value is -1.26. The van der Waals surface area contributed by atoms with E-state index in [1.807, 2.05) is 0 Å². The highest BCUT2D eigenvalue weighted by Gasteiger charge is 2.02. The van der Waals surface area contributed by atoms with Crippen molar-refractivity contribution in [2.45, 2.75) is 0 Å². The van der Waals surface area contributed by atoms with Crippen LogP contribution in [-0.4, -0.2) is 36.3 Å². The van der Waals surface area contributed by atoms with Gasteiger partial charge in [-0.25, -0.2) is 4.79 Å². The van der Waals surface area contributed by atoms with Crippen LogP contribution in [0, 0.1) is 5.41 Å². The predicted molar refractivity (Wildman–Crippen MR) is 30.5 cm³/mol. The topological polar surface area (TPSA) is 73.6 Å². The Kier molecular flexibility index (Phi) is 3.19. The average Bonchev–Trinajstić information content (AvgIpc) is 1.82. The number of hydrogen-bond acceptors (Lipinski definition) is 3. The lowest BCUT2D eigenvalue weighted by Gasteiger charge is -2.09. The molecule has 0 aliphatic heterocycles. The number of rotatable bonds is 3. The maximum absolute atomic E-state index is 9.98. The van der Waals surface area contributed by atoms with Gasteiger partial charge in [-0.1, -0.05) is 0 Å². The first kappa shape index (κ1) is 7.74. The van der Waals surface area contributed by atoms with Crippen molar-refractivity contribution in [2.24, 2.45) is 0 Å². The summed E-state index contributed by atoms with van der Waals surface area (Å²) >= 11 is 0. The van der Waals surface area contributed by atoms with Gasteiger partial charge in [-0.15, -0.1) is 0 Å². The number of amides is 1. The van der Waals surface area contributed by atoms with Gasteiger partial charge in [0.1, 0.15) is 0 Å². The van der Waals surface area contributed by atoms with Crippen molar-refractivity contribution in [1.29, 1.82) is 5.41 Å². The summed E-state index contributed by atoms with van der Waals surface area (Å²) in [6, 6.07) is 0. The van der Waals surface area contributed by atoms with Crippen LogP contribution in [0.4, 0.5) is 4.79 Å². The number of hydrogen-bond donors (Lipinski definition) is 2. The van der Waals surface area contributed by atoms with Crippen LogP contribution >= 0.6 is 0 Å². The van der Waals surface area contributed by atoms with Gasteiger partial charge in [0.2, 0.25) is 0 Å². The average molecular weight is 132 g/mol. The predicted octanol–water partition coefficient (Wildman–Crippen LogP) is 0.177. The minimum atomic E-state index is -1.07. The van der Waals surface area contributed by atoms with Crippen LogP contribution in [0.5, 0.6) is 0 Å². The summed E-state index contributed by atoms with van der Waals surface area (Å²) in [4.78, 5) is 10.9. The van der Waals surface area contributed by atoms with E-state index in [2.05, 4.69) is 4.74 Å². The van der Waals surface area contributed by atoms with Crippen LogP contribution in [-0.2, 0) is 4.74 Å². The zero-order valence-corrected chi connectivity index (χ0v) is 5.00. The van der Waals surface area contributed by atoms with Crippen LogP contribution in [0.1, 0.15) is 0 Å². The van der Waals surface area contributed by atoms with E-state index in [1.165, 1.54) is 7.05 Å². The molecule has 0 radical (unpaired) electrons. The second-order valence-corrected chi connectivity index (χ2v) is 1.39. The molecule has 0 saturated heterocycles. The third kappa shape index (κ3) is 3.33. The number of nitrogens with one attached hydrogen (secondary N) is 1. The molecular formula is C4H8N2O3. The van der Waals surface area contributed by atoms with E-state index in [0.717, 1.165) is 4.90 Å². The minimum Gasteiger partial charge on any atom is -0.465 e. The first-order valence-corrected chi connectivity index (χ1v) is 2.23. The smallest absolute Gasteiger partial charge is 0.409 e. The third-order valence-electron chi connectivity index (χ3n) is 0.678. The van der Waals surface area contributed by atoms with Gasteiger partial charge >= 0.3 is 6.09 Å². The molecule has 2 N–H and O–H groups in total. The maximum atomic E-state index is 9.98. The fraction of sp³-hybridized carbons (Fsp3) is 0.500. The number of nitrogens with zero attached hydrogens (tertiary/aromatic N) is 1. The van der Waals surface area contributed by atoms with Crippen molar-refractivity contribution in [3.05, 3.63) is 0 Å². The highest BCUT2D eigenvalue weighted by molar-refractivity contribution is 5.64. The van der Waals surface area contributed by atoms with E-state index >= 15 is 0 Å². The molecule has 5 heteroatoms. The number of carboxylic acid groups (broad SMARTS) is 1. The Morgan fingerprint density at radius 2 is 2.56 bits per heavy atom. The monoisotopic (exact) mass is 132 g/mol. The van der Waals surface area contributed by atoms with Crippen LogP contribution in [0.25, 0.3) is 0 Å². The van der Waals surface area contributed by atoms with Gasteiger partial charge < -0.3 is 9.84 Å². The highest BCUT2D eigenvalue weighted by Crippen LogP contribution is 1.81. The molecule has 1 amide bonds. The Morgan fingerprint density at radius 3 is 2.89 bits per heavy atom. The molecule has 0 atom stereocenters. The van der Waals surface area contributed by atoms with Gasteiger partial charge in [0.05, 0.1) is 0 Å². The van der Waals surface area contributed by atoms with Gasteiger partial charge in [-0.05, 0) is 0 Å². The molecule has 0 aromatic carbocycles. The van der Waals surface area contributed by atoms with Gasteiger partial charge in [0.15, 0.2) is 13.1 Å². The van der Waals surface area contributed by atoms with Crippen molar-refractivity contribution >= 4 is 12.5 Å². The van der Waals surface area contributed by atoms with E-state index in [1.54, 1.807) is 0 Å². The fourth-order valence-electron chi connectivity index (χ4n) is 0.204. The lowest BCUT2D eigenvalue weighted by atomic mass is 10.9. The van der Waals surface area contributed by atoms with E-state index in [9.17, 15) is 4.79 Å². The normalized spacial score (nSPS) is 8.11. The lowest BCUT2D eigenvalue weighted by molar-refractivity contribution is 0.113. The molecule has 0 heterocycles. The maximum Gasteiger partial charge on any atom is 0.409 e. The molecule has 0 saturated carbocycles. The molecule has 0 rings (SSSR count). The van der Waals surface area contributed by atoms with E-state index in [-0.39, 0.29) is 6.73 Å². The van der Waals surface area contributed by atoms with Crippen LogP contribution < -0.4 is 0 Å². The number of carbonyl (C=O) groups is 1. The molecule has 0 aromatic heterocycles. The van der Waals surface area contributed by atoms with Crippen molar-refractivity contribution in [3.8, 4) is 0 Å². The second-order valence-electron chi connectivity index (χ2n) is 1.39. The Labute approximate surface area is 52.3 Å². The molecule has 5 nitrogen and oxygen atoms in total. The van der Waals surface area contributed by atoms with Crippen LogP contribution in [0.2, 0.25) is 0 Å². The Bertz CT molecular complexity index is 114. The van der Waals surface area contributed by atoms with E-state index < -0.39 is 6.09 Å². The molecule has 9 heavy (non-hydrogen) atoms. The third-order valence-corrected chi connectivity index (χ3v) is 0.678. The molecule has 0 unspecified atom stereocenters. The first-order chi connectivity index (χ1) is 4.18. The summed E-state index contributed by atoms with van der Waals surface area (Å²) in [5.74, 6) is 0. The molecule has 52 valence electrons. The Morgan fingerprint density at radius 1 is 2.00 bits per heavy atom. The van der Waals surface area contributed by atoms with Gasteiger partial charge in [-0.2, -0.15) is 0 Å². The second kappa shape index (κ2) is 3.71. The first-order valence-electron chi connectivity index (χ1n) is 2.23. The largest absolute Gasteiger partial charge is 0.465 e. The zero-order chi connectivity index (χ0) is 7.28. The summed E-state index contributed by atoms with van der Waals surface area (Å²) in [5, 5.41) is 14.5. The summed E-state index contributed by atoms with van der Waals surface area (Å²) in [5.41, 5.74) is 0. The molecular weight excluding hydrogens is 124 g/mol. The zero-order valence-electron chi connectivity index (χ0n) is 5.00. The van der Waals surface area contributed by atoms with Gasteiger partial charge in [0.25, 0.3) is 0 Å². The molecule has 0 aliphatic rings. The molecule has 0 bridgehead atoms. The van der Waals surface area contributed by atoms with Crippen LogP contribution in [0.15, 0.2) is 0 Å². The van der Waals surface area contributed by atoms with Crippen molar-refractivity contribution < 1.29 is 14.6 Å². The van der Waals surface area contributed by atoms with Gasteiger partial charge in [0, 0.05) is 7.05 Å². The van der Waals surface area contributed by atoms with Crippen molar-refractivity contribution in [2.75, 3.05) is 13.8 Å². The van der Waals surface area contributed by atoms with Crippen LogP contribution in [0.3, 0.4) is 0 Å². The lowest BCUT2D eigenvalue weighted by Crippen LogP contribution is -2.26. The van der Waals surface area contributed by atoms with Crippen molar-refractivity contribution in [3.63, 3.8) is 0 Å². The SMILES string of the molecule is CN(COC=N)C(=O)O. The van der Waals surface area contributed by atoms with Gasteiger partial charge in [-0.3, -0.25) is 10.3 Å². The molecule has 0 aromatic rings. The molecule has 0 fully saturated rings. The molecule has 0 spiro atoms. The van der Waals surface area contributed by atoms with E-state index in [0.29, 0.717) is 6.40 Å². The summed E-state index contributed by atoms with van der Waals surface area (Å²) < 4.78 is 4.34. The highest BCUT2D eigenvalue weighted by atomic mass is 16.5. The number of ether oxygens (including phenoxy) is 1. The molecule has 0 aliphatic carbocycles. The summed E-state index contributed by atoms with van der Waals surface area (Å²) in [6.45, 7) is -0.0984. The summed E-state index contributed by atoms with van der Waals surface area (Å²) in [6.07, 6.45) is -0.378. The minimum absolute atomic E-state index is 0.0984. The standard InChI is InChI=1S/C4H8N2O3/c1-6(4(7)8)3-9-2-5/h2,5H,3H2,1H3,(H,7,8). The van der Waals surface area contributed by atoms with Crippen molar-refractivity contribution in [1.82, 2.24) is 4.90 Å². The van der Waals surface area contributed by atoms with E-state index in [4.69, 9.17) is 10.5 Å². The Balaban J connectivity index is 3.37. The fourth-order valence-corrected chi connectivity index (χ4v) is 0.204. The quantitative estimate of drug-likeness (QED) is 0.326.